The lowest BCUT2D eigenvalue weighted by Crippen LogP contribution is -2.58. The fourth-order valence-electron chi connectivity index (χ4n) is 2.02. The summed E-state index contributed by atoms with van der Waals surface area (Å²) in [6, 6.07) is 0.154. The van der Waals surface area contributed by atoms with Gasteiger partial charge in [-0.05, 0) is 20.8 Å². The van der Waals surface area contributed by atoms with Crippen molar-refractivity contribution >= 4 is 28.7 Å². The van der Waals surface area contributed by atoms with Crippen LogP contribution < -0.4 is 0 Å². The van der Waals surface area contributed by atoms with Crippen LogP contribution in [0.4, 0.5) is 4.79 Å². The van der Waals surface area contributed by atoms with Crippen molar-refractivity contribution in [1.29, 1.82) is 0 Å². The molecule has 5 heteroatoms. The molecule has 1 amide bonds. The number of nitrogens with zero attached hydrogens (tertiary/aromatic N) is 1. The molecular formula is C9H14INO3. The first kappa shape index (κ1) is 10.5. The van der Waals surface area contributed by atoms with Gasteiger partial charge in [0.2, 0.25) is 0 Å². The second-order valence-electron chi connectivity index (χ2n) is 4.23. The van der Waals surface area contributed by atoms with Gasteiger partial charge in [-0.1, -0.05) is 22.6 Å². The second-order valence-corrected chi connectivity index (χ2v) is 5.67. The standard InChI is InChI=1S/C9H14INO3/c1-5-7(10)6-4-13-9(2,3)11(6)8(12)14-5/h5-7H,4H2,1-3H3/t5-,6-,7+/m0/s1. The van der Waals surface area contributed by atoms with E-state index in [9.17, 15) is 4.79 Å². The summed E-state index contributed by atoms with van der Waals surface area (Å²) < 4.78 is 11.1. The van der Waals surface area contributed by atoms with Crippen LogP contribution in [0.5, 0.6) is 0 Å². The number of halogens is 1. The molecule has 0 unspecified atom stereocenters. The molecule has 0 N–H and O–H groups in total. The lowest BCUT2D eigenvalue weighted by molar-refractivity contribution is -0.0634. The van der Waals surface area contributed by atoms with E-state index in [1.807, 2.05) is 20.8 Å². The molecule has 0 aromatic carbocycles. The number of cyclic esters (lactones) is 1. The van der Waals surface area contributed by atoms with Crippen LogP contribution in [-0.4, -0.2) is 39.4 Å². The third kappa shape index (κ3) is 1.41. The molecule has 2 heterocycles. The first-order chi connectivity index (χ1) is 6.43. The molecule has 2 aliphatic rings. The van der Waals surface area contributed by atoms with E-state index in [0.717, 1.165) is 0 Å². The quantitative estimate of drug-likeness (QED) is 0.505. The molecule has 2 saturated heterocycles. The van der Waals surface area contributed by atoms with Crippen LogP contribution in [0.25, 0.3) is 0 Å². The highest BCUT2D eigenvalue weighted by atomic mass is 127. The lowest BCUT2D eigenvalue weighted by Gasteiger charge is -2.40. The number of carbonyl (C=O) groups is 1. The number of ether oxygens (including phenoxy) is 2. The van der Waals surface area contributed by atoms with E-state index in [2.05, 4.69) is 22.6 Å². The normalized spacial score (nSPS) is 40.7. The summed E-state index contributed by atoms with van der Waals surface area (Å²) in [6.07, 6.45) is -0.278. The summed E-state index contributed by atoms with van der Waals surface area (Å²) in [5.41, 5.74) is -0.523. The Balaban J connectivity index is 2.28. The van der Waals surface area contributed by atoms with E-state index in [-0.39, 0.29) is 18.2 Å². The van der Waals surface area contributed by atoms with Gasteiger partial charge in [0, 0.05) is 0 Å². The molecule has 80 valence electrons. The fourth-order valence-corrected chi connectivity index (χ4v) is 2.69. The summed E-state index contributed by atoms with van der Waals surface area (Å²) in [7, 11) is 0. The zero-order valence-corrected chi connectivity index (χ0v) is 10.6. The van der Waals surface area contributed by atoms with E-state index >= 15 is 0 Å². The molecule has 14 heavy (non-hydrogen) atoms. The largest absolute Gasteiger partial charge is 0.445 e. The molecule has 3 atom stereocenters. The number of hydrogen-bond acceptors (Lipinski definition) is 3. The van der Waals surface area contributed by atoms with Crippen molar-refractivity contribution in [2.24, 2.45) is 0 Å². The maximum absolute atomic E-state index is 11.7. The van der Waals surface area contributed by atoms with Crippen molar-refractivity contribution < 1.29 is 14.3 Å². The molecule has 0 saturated carbocycles. The van der Waals surface area contributed by atoms with Crippen LogP contribution in [0.15, 0.2) is 0 Å². The van der Waals surface area contributed by atoms with Gasteiger partial charge in [-0.15, -0.1) is 0 Å². The minimum atomic E-state index is -0.523. The van der Waals surface area contributed by atoms with Crippen LogP contribution in [0.1, 0.15) is 20.8 Å². The number of alkyl halides is 1. The first-order valence-corrected chi connectivity index (χ1v) is 5.96. The summed E-state index contributed by atoms with van der Waals surface area (Å²) in [6.45, 7) is 6.33. The predicted molar refractivity (Wildman–Crippen MR) is 59.4 cm³/mol. The Morgan fingerprint density at radius 2 is 2.21 bits per heavy atom. The van der Waals surface area contributed by atoms with Crippen molar-refractivity contribution in [3.63, 3.8) is 0 Å². The van der Waals surface area contributed by atoms with E-state index in [1.165, 1.54) is 0 Å². The predicted octanol–water partition coefficient (Wildman–Crippen LogP) is 1.77. The molecule has 4 nitrogen and oxygen atoms in total. The Morgan fingerprint density at radius 3 is 2.86 bits per heavy atom. The SMILES string of the molecule is C[C@@H]1OC(=O)N2[C@@H](COC2(C)C)[C@@H]1I. The van der Waals surface area contributed by atoms with Gasteiger partial charge in [-0.2, -0.15) is 0 Å². The van der Waals surface area contributed by atoms with Gasteiger partial charge in [0.1, 0.15) is 11.8 Å². The summed E-state index contributed by atoms with van der Waals surface area (Å²) in [5.74, 6) is 0. The van der Waals surface area contributed by atoms with Crippen LogP contribution in [0.2, 0.25) is 0 Å². The Bertz CT molecular complexity index is 269. The van der Waals surface area contributed by atoms with Gasteiger partial charge >= 0.3 is 6.09 Å². The number of hydrogen-bond donors (Lipinski definition) is 0. The molecule has 2 rings (SSSR count). The maximum atomic E-state index is 11.7. The smallest absolute Gasteiger partial charge is 0.412 e. The van der Waals surface area contributed by atoms with E-state index < -0.39 is 5.72 Å². The Labute approximate surface area is 97.1 Å². The number of fused-ring (bicyclic) bond motifs is 1. The molecule has 0 bridgehead atoms. The van der Waals surface area contributed by atoms with E-state index in [4.69, 9.17) is 9.47 Å². The average molecular weight is 311 g/mol. The number of amides is 1. The first-order valence-electron chi connectivity index (χ1n) is 4.71. The molecule has 2 fully saturated rings. The van der Waals surface area contributed by atoms with Crippen molar-refractivity contribution in [2.75, 3.05) is 6.61 Å². The lowest BCUT2D eigenvalue weighted by atomic mass is 10.1. The minimum Gasteiger partial charge on any atom is -0.445 e. The van der Waals surface area contributed by atoms with Gasteiger partial charge in [-0.25, -0.2) is 4.79 Å². The van der Waals surface area contributed by atoms with Crippen LogP contribution in [-0.2, 0) is 9.47 Å². The molecule has 0 aromatic heterocycles. The molecule has 0 spiro atoms. The van der Waals surface area contributed by atoms with Crippen molar-refractivity contribution in [1.82, 2.24) is 4.90 Å². The number of carbonyl (C=O) groups excluding carboxylic acids is 1. The van der Waals surface area contributed by atoms with Crippen LogP contribution in [0.3, 0.4) is 0 Å². The summed E-state index contributed by atoms with van der Waals surface area (Å²) in [5, 5.41) is 0. The Kier molecular flexibility index (Phi) is 2.42. The molecule has 2 aliphatic heterocycles. The molecular weight excluding hydrogens is 297 g/mol. The van der Waals surface area contributed by atoms with Crippen LogP contribution >= 0.6 is 22.6 Å². The summed E-state index contributed by atoms with van der Waals surface area (Å²) >= 11 is 2.33. The van der Waals surface area contributed by atoms with Gasteiger partial charge in [0.25, 0.3) is 0 Å². The minimum absolute atomic E-state index is 0.0261. The molecule has 0 aromatic rings. The van der Waals surface area contributed by atoms with Gasteiger partial charge < -0.3 is 9.47 Å². The molecule has 0 aliphatic carbocycles. The number of rotatable bonds is 0. The topological polar surface area (TPSA) is 38.8 Å². The third-order valence-electron chi connectivity index (χ3n) is 2.82. The van der Waals surface area contributed by atoms with Crippen LogP contribution in [0, 0.1) is 0 Å². The van der Waals surface area contributed by atoms with Gasteiger partial charge in [0.05, 0.1) is 16.6 Å². The third-order valence-corrected chi connectivity index (χ3v) is 4.66. The van der Waals surface area contributed by atoms with E-state index in [0.29, 0.717) is 10.5 Å². The second kappa shape index (κ2) is 3.23. The highest BCUT2D eigenvalue weighted by Gasteiger charge is 2.52. The highest BCUT2D eigenvalue weighted by molar-refractivity contribution is 14.1. The van der Waals surface area contributed by atoms with Crippen molar-refractivity contribution in [3.05, 3.63) is 0 Å². The van der Waals surface area contributed by atoms with Crippen molar-refractivity contribution in [3.8, 4) is 0 Å². The Hall–Kier alpha value is -0.0400. The zero-order chi connectivity index (χ0) is 10.5. The van der Waals surface area contributed by atoms with Gasteiger partial charge in [0.15, 0.2) is 0 Å². The monoisotopic (exact) mass is 311 g/mol. The Morgan fingerprint density at radius 1 is 1.57 bits per heavy atom. The summed E-state index contributed by atoms with van der Waals surface area (Å²) in [4.78, 5) is 13.4. The maximum Gasteiger partial charge on any atom is 0.412 e. The van der Waals surface area contributed by atoms with Crippen molar-refractivity contribution in [2.45, 2.75) is 42.6 Å². The van der Waals surface area contributed by atoms with Gasteiger partial charge in [-0.3, -0.25) is 4.90 Å². The van der Waals surface area contributed by atoms with E-state index in [1.54, 1.807) is 4.90 Å². The highest BCUT2D eigenvalue weighted by Crippen LogP contribution is 2.37. The average Bonchev–Trinajstić information content (AvgIpc) is 2.38. The molecule has 0 radical (unpaired) electrons. The fraction of sp³-hybridized carbons (Fsp3) is 0.889. The zero-order valence-electron chi connectivity index (χ0n) is 8.49.